The van der Waals surface area contributed by atoms with Crippen LogP contribution in [0.15, 0.2) is 41.8 Å². The lowest BCUT2D eigenvalue weighted by Crippen LogP contribution is -2.26. The predicted octanol–water partition coefficient (Wildman–Crippen LogP) is 4.86. The molecule has 0 saturated carbocycles. The standard InChI is InChI=1S/C15H18ClNS/c1-3-17(13-7-4-6-12(2)10-13)11-14(16)15-8-5-9-18-15/h4-10,14H,3,11H2,1-2H3. The molecule has 2 rings (SSSR count). The van der Waals surface area contributed by atoms with Crippen LogP contribution in [-0.2, 0) is 0 Å². The molecule has 2 aromatic rings. The summed E-state index contributed by atoms with van der Waals surface area (Å²) in [5.41, 5.74) is 2.54. The molecule has 0 bridgehead atoms. The van der Waals surface area contributed by atoms with Crippen molar-refractivity contribution in [3.8, 4) is 0 Å². The number of alkyl halides is 1. The van der Waals surface area contributed by atoms with Crippen molar-refractivity contribution < 1.29 is 0 Å². The van der Waals surface area contributed by atoms with E-state index in [0.717, 1.165) is 13.1 Å². The zero-order chi connectivity index (χ0) is 13.0. The van der Waals surface area contributed by atoms with Gasteiger partial charge in [0.05, 0.1) is 5.38 Å². The fourth-order valence-electron chi connectivity index (χ4n) is 1.99. The minimum absolute atomic E-state index is 0.0606. The van der Waals surface area contributed by atoms with E-state index in [1.54, 1.807) is 11.3 Å². The number of likely N-dealkylation sites (N-methyl/N-ethyl adjacent to an activating group) is 1. The molecular formula is C15H18ClNS. The Hall–Kier alpha value is -0.990. The molecule has 0 amide bonds. The molecule has 0 N–H and O–H groups in total. The Morgan fingerprint density at radius 3 is 2.72 bits per heavy atom. The lowest BCUT2D eigenvalue weighted by atomic mass is 10.2. The summed E-state index contributed by atoms with van der Waals surface area (Å²) < 4.78 is 0. The van der Waals surface area contributed by atoms with Crippen molar-refractivity contribution in [3.63, 3.8) is 0 Å². The first-order chi connectivity index (χ1) is 8.70. The van der Waals surface area contributed by atoms with Crippen molar-refractivity contribution in [2.45, 2.75) is 19.2 Å². The summed E-state index contributed by atoms with van der Waals surface area (Å²) in [6, 6.07) is 12.7. The molecule has 0 aliphatic heterocycles. The van der Waals surface area contributed by atoms with E-state index >= 15 is 0 Å². The first-order valence-corrected chi connectivity index (χ1v) is 7.51. The Morgan fingerprint density at radius 2 is 2.11 bits per heavy atom. The highest BCUT2D eigenvalue weighted by Crippen LogP contribution is 2.28. The first-order valence-electron chi connectivity index (χ1n) is 6.19. The van der Waals surface area contributed by atoms with E-state index in [1.807, 2.05) is 0 Å². The second-order valence-corrected chi connectivity index (χ2v) is 5.87. The molecule has 0 radical (unpaired) electrons. The highest BCUT2D eigenvalue weighted by atomic mass is 35.5. The second kappa shape index (κ2) is 6.26. The Morgan fingerprint density at radius 1 is 1.28 bits per heavy atom. The van der Waals surface area contributed by atoms with Gasteiger partial charge in [0.15, 0.2) is 0 Å². The van der Waals surface area contributed by atoms with Gasteiger partial charge in [-0.05, 0) is 43.0 Å². The van der Waals surface area contributed by atoms with Crippen molar-refractivity contribution in [3.05, 3.63) is 52.2 Å². The largest absolute Gasteiger partial charge is 0.370 e. The topological polar surface area (TPSA) is 3.24 Å². The van der Waals surface area contributed by atoms with E-state index in [4.69, 9.17) is 11.6 Å². The number of rotatable bonds is 5. The second-order valence-electron chi connectivity index (χ2n) is 4.36. The van der Waals surface area contributed by atoms with Crippen molar-refractivity contribution in [1.29, 1.82) is 0 Å². The summed E-state index contributed by atoms with van der Waals surface area (Å²) in [7, 11) is 0. The van der Waals surface area contributed by atoms with E-state index in [2.05, 4.69) is 60.5 Å². The summed E-state index contributed by atoms with van der Waals surface area (Å²) >= 11 is 8.20. The number of benzene rings is 1. The molecule has 0 aliphatic rings. The maximum atomic E-state index is 6.48. The molecule has 1 aromatic heterocycles. The Labute approximate surface area is 118 Å². The lowest BCUT2D eigenvalue weighted by molar-refractivity contribution is 0.797. The van der Waals surface area contributed by atoms with E-state index in [0.29, 0.717) is 0 Å². The quantitative estimate of drug-likeness (QED) is 0.706. The molecule has 0 spiro atoms. The van der Waals surface area contributed by atoms with Gasteiger partial charge in [-0.25, -0.2) is 0 Å². The van der Waals surface area contributed by atoms with E-state index in [1.165, 1.54) is 16.1 Å². The third-order valence-corrected chi connectivity index (χ3v) is 4.47. The normalized spacial score (nSPS) is 12.4. The van der Waals surface area contributed by atoms with Crippen LogP contribution in [0, 0.1) is 6.92 Å². The summed E-state index contributed by atoms with van der Waals surface area (Å²) in [5.74, 6) is 0. The number of anilines is 1. The minimum atomic E-state index is 0.0606. The lowest BCUT2D eigenvalue weighted by Gasteiger charge is -2.25. The SMILES string of the molecule is CCN(CC(Cl)c1cccs1)c1cccc(C)c1. The molecule has 0 fully saturated rings. The van der Waals surface area contributed by atoms with Crippen LogP contribution in [0.25, 0.3) is 0 Å². The minimum Gasteiger partial charge on any atom is -0.370 e. The van der Waals surface area contributed by atoms with E-state index in [9.17, 15) is 0 Å². The van der Waals surface area contributed by atoms with Gasteiger partial charge < -0.3 is 4.90 Å². The maximum absolute atomic E-state index is 6.48. The van der Waals surface area contributed by atoms with Crippen LogP contribution in [0.2, 0.25) is 0 Å². The molecule has 1 unspecified atom stereocenters. The Balaban J connectivity index is 2.10. The number of thiophene rings is 1. The van der Waals surface area contributed by atoms with Crippen molar-refractivity contribution in [1.82, 2.24) is 0 Å². The van der Waals surface area contributed by atoms with Crippen molar-refractivity contribution >= 4 is 28.6 Å². The maximum Gasteiger partial charge on any atom is 0.0853 e. The average molecular weight is 280 g/mol. The fraction of sp³-hybridized carbons (Fsp3) is 0.333. The zero-order valence-electron chi connectivity index (χ0n) is 10.8. The van der Waals surface area contributed by atoms with Gasteiger partial charge in [-0.2, -0.15) is 0 Å². The molecule has 0 saturated heterocycles. The number of hydrogen-bond donors (Lipinski definition) is 0. The van der Waals surface area contributed by atoms with Gasteiger partial charge in [-0.15, -0.1) is 22.9 Å². The molecule has 18 heavy (non-hydrogen) atoms. The molecule has 1 heterocycles. The molecule has 1 aromatic carbocycles. The van der Waals surface area contributed by atoms with E-state index < -0.39 is 0 Å². The predicted molar refractivity (Wildman–Crippen MR) is 82.0 cm³/mol. The third-order valence-electron chi connectivity index (χ3n) is 2.98. The monoisotopic (exact) mass is 279 g/mol. The van der Waals surface area contributed by atoms with Gasteiger partial charge in [0.25, 0.3) is 0 Å². The van der Waals surface area contributed by atoms with Crippen LogP contribution in [-0.4, -0.2) is 13.1 Å². The van der Waals surface area contributed by atoms with Gasteiger partial charge in [-0.1, -0.05) is 18.2 Å². The smallest absolute Gasteiger partial charge is 0.0853 e. The van der Waals surface area contributed by atoms with E-state index in [-0.39, 0.29) is 5.38 Å². The summed E-state index contributed by atoms with van der Waals surface area (Å²) in [5, 5.41) is 2.14. The van der Waals surface area contributed by atoms with Gasteiger partial charge >= 0.3 is 0 Å². The number of halogens is 1. The van der Waals surface area contributed by atoms with Gasteiger partial charge in [0.1, 0.15) is 0 Å². The number of nitrogens with zero attached hydrogens (tertiary/aromatic N) is 1. The number of hydrogen-bond acceptors (Lipinski definition) is 2. The highest BCUT2D eigenvalue weighted by Gasteiger charge is 2.14. The molecule has 3 heteroatoms. The third kappa shape index (κ3) is 3.27. The molecule has 0 aliphatic carbocycles. The van der Waals surface area contributed by atoms with Gasteiger partial charge in [0, 0.05) is 23.7 Å². The van der Waals surface area contributed by atoms with Crippen LogP contribution in [0.1, 0.15) is 22.7 Å². The zero-order valence-corrected chi connectivity index (χ0v) is 12.3. The molecule has 1 nitrogen and oxygen atoms in total. The summed E-state index contributed by atoms with van der Waals surface area (Å²) in [6.07, 6.45) is 0. The summed E-state index contributed by atoms with van der Waals surface area (Å²) in [4.78, 5) is 3.56. The molecular weight excluding hydrogens is 262 g/mol. The van der Waals surface area contributed by atoms with Crippen LogP contribution in [0.3, 0.4) is 0 Å². The number of aryl methyl sites for hydroxylation is 1. The average Bonchev–Trinajstić information content (AvgIpc) is 2.89. The van der Waals surface area contributed by atoms with Crippen LogP contribution in [0.5, 0.6) is 0 Å². The molecule has 1 atom stereocenters. The summed E-state index contributed by atoms with van der Waals surface area (Å²) in [6.45, 7) is 6.11. The van der Waals surface area contributed by atoms with Gasteiger partial charge in [0.2, 0.25) is 0 Å². The molecule has 96 valence electrons. The Bertz CT molecular complexity index is 481. The van der Waals surface area contributed by atoms with Gasteiger partial charge in [-0.3, -0.25) is 0 Å². The first kappa shape index (κ1) is 13.4. The van der Waals surface area contributed by atoms with Crippen molar-refractivity contribution in [2.75, 3.05) is 18.0 Å². The van der Waals surface area contributed by atoms with Crippen LogP contribution >= 0.6 is 22.9 Å². The highest BCUT2D eigenvalue weighted by molar-refractivity contribution is 7.10. The van der Waals surface area contributed by atoms with Crippen LogP contribution < -0.4 is 4.90 Å². The van der Waals surface area contributed by atoms with Crippen molar-refractivity contribution in [2.24, 2.45) is 0 Å². The Kier molecular flexibility index (Phi) is 4.67. The van der Waals surface area contributed by atoms with Crippen LogP contribution in [0.4, 0.5) is 5.69 Å². The fourth-order valence-corrected chi connectivity index (χ4v) is 3.08.